The maximum absolute atomic E-state index is 5.33. The average Bonchev–Trinajstić information content (AvgIpc) is 3.37. The van der Waals surface area contributed by atoms with Crippen LogP contribution in [0.4, 0.5) is 10.8 Å². The Kier molecular flexibility index (Phi) is 5.93. The fourth-order valence-corrected chi connectivity index (χ4v) is 4.28. The molecule has 0 atom stereocenters. The molecule has 4 rings (SSSR count). The number of rotatable bonds is 8. The summed E-state index contributed by atoms with van der Waals surface area (Å²) in [7, 11) is 0. The molecule has 0 spiro atoms. The van der Waals surface area contributed by atoms with Crippen LogP contribution in [0.25, 0.3) is 11.4 Å². The van der Waals surface area contributed by atoms with Gasteiger partial charge in [-0.05, 0) is 37.1 Å². The van der Waals surface area contributed by atoms with E-state index in [4.69, 9.17) is 4.52 Å². The number of nitrogens with one attached hydrogen (secondary N) is 1. The topological polar surface area (TPSA) is 89.6 Å². The second-order valence-electron chi connectivity index (χ2n) is 6.01. The van der Waals surface area contributed by atoms with Crippen molar-refractivity contribution >= 4 is 33.9 Å². The SMILES string of the molecule is Cc1ccccc1Nc1nnc(SCCCc2nc(-c3ccncc3)no2)s1. The number of thioether (sulfide) groups is 1. The van der Waals surface area contributed by atoms with E-state index in [0.717, 1.165) is 39.3 Å². The smallest absolute Gasteiger partial charge is 0.226 e. The molecule has 4 aromatic rings. The number of para-hydroxylation sites is 1. The molecule has 0 saturated carbocycles. The molecule has 7 nitrogen and oxygen atoms in total. The molecule has 0 fully saturated rings. The van der Waals surface area contributed by atoms with Crippen molar-refractivity contribution in [3.8, 4) is 11.4 Å². The van der Waals surface area contributed by atoms with E-state index in [-0.39, 0.29) is 0 Å². The third-order valence-electron chi connectivity index (χ3n) is 3.96. The number of anilines is 2. The highest BCUT2D eigenvalue weighted by Crippen LogP contribution is 2.29. The summed E-state index contributed by atoms with van der Waals surface area (Å²) in [6.45, 7) is 2.07. The quantitative estimate of drug-likeness (QED) is 0.328. The Labute approximate surface area is 170 Å². The summed E-state index contributed by atoms with van der Waals surface area (Å²) in [5.74, 6) is 2.15. The van der Waals surface area contributed by atoms with Crippen LogP contribution in [-0.2, 0) is 6.42 Å². The molecule has 0 aliphatic rings. The third kappa shape index (κ3) is 4.73. The molecule has 3 heterocycles. The molecule has 0 aliphatic heterocycles. The predicted molar refractivity (Wildman–Crippen MR) is 111 cm³/mol. The minimum absolute atomic E-state index is 0.598. The first-order valence-corrected chi connectivity index (χ1v) is 10.6. The van der Waals surface area contributed by atoms with Gasteiger partial charge in [0.2, 0.25) is 16.8 Å². The highest BCUT2D eigenvalue weighted by Gasteiger charge is 2.09. The van der Waals surface area contributed by atoms with Gasteiger partial charge in [-0.1, -0.05) is 46.5 Å². The zero-order valence-electron chi connectivity index (χ0n) is 15.2. The molecule has 0 aliphatic carbocycles. The lowest BCUT2D eigenvalue weighted by Gasteiger charge is -2.04. The van der Waals surface area contributed by atoms with Gasteiger partial charge in [-0.15, -0.1) is 10.2 Å². The number of nitrogens with zero attached hydrogens (tertiary/aromatic N) is 5. The first kappa shape index (κ1) is 18.6. The summed E-state index contributed by atoms with van der Waals surface area (Å²) in [5.41, 5.74) is 3.14. The van der Waals surface area contributed by atoms with Gasteiger partial charge in [0.15, 0.2) is 4.34 Å². The molecule has 0 bridgehead atoms. The van der Waals surface area contributed by atoms with Gasteiger partial charge in [-0.2, -0.15) is 4.98 Å². The van der Waals surface area contributed by atoms with Gasteiger partial charge in [0.1, 0.15) is 0 Å². The molecular formula is C19H18N6OS2. The van der Waals surface area contributed by atoms with Crippen molar-refractivity contribution in [3.05, 3.63) is 60.2 Å². The second kappa shape index (κ2) is 8.94. The molecular weight excluding hydrogens is 392 g/mol. The lowest BCUT2D eigenvalue weighted by molar-refractivity contribution is 0.378. The maximum Gasteiger partial charge on any atom is 0.226 e. The zero-order chi connectivity index (χ0) is 19.2. The van der Waals surface area contributed by atoms with Crippen molar-refractivity contribution in [2.24, 2.45) is 0 Å². The molecule has 0 saturated heterocycles. The van der Waals surface area contributed by atoms with Crippen molar-refractivity contribution in [1.29, 1.82) is 0 Å². The van der Waals surface area contributed by atoms with E-state index in [9.17, 15) is 0 Å². The molecule has 0 radical (unpaired) electrons. The van der Waals surface area contributed by atoms with E-state index >= 15 is 0 Å². The van der Waals surface area contributed by atoms with E-state index in [1.54, 1.807) is 35.5 Å². The lowest BCUT2D eigenvalue weighted by atomic mass is 10.2. The molecule has 1 aromatic carbocycles. The van der Waals surface area contributed by atoms with Crippen molar-refractivity contribution < 1.29 is 4.52 Å². The minimum Gasteiger partial charge on any atom is -0.339 e. The minimum atomic E-state index is 0.598. The Hall–Kier alpha value is -2.78. The van der Waals surface area contributed by atoms with Crippen LogP contribution in [0.3, 0.4) is 0 Å². The van der Waals surface area contributed by atoms with Gasteiger partial charge in [0.25, 0.3) is 0 Å². The molecule has 142 valence electrons. The third-order valence-corrected chi connectivity index (χ3v) is 6.02. The molecule has 1 N–H and O–H groups in total. The Balaban J connectivity index is 1.24. The normalized spacial score (nSPS) is 10.9. The number of hydrogen-bond donors (Lipinski definition) is 1. The van der Waals surface area contributed by atoms with Gasteiger partial charge in [-0.3, -0.25) is 4.98 Å². The second-order valence-corrected chi connectivity index (χ2v) is 8.33. The highest BCUT2D eigenvalue weighted by atomic mass is 32.2. The Morgan fingerprint density at radius 2 is 1.96 bits per heavy atom. The van der Waals surface area contributed by atoms with Crippen LogP contribution in [-0.4, -0.2) is 31.1 Å². The van der Waals surface area contributed by atoms with Crippen LogP contribution in [0.15, 0.2) is 57.7 Å². The Bertz CT molecular complexity index is 1030. The van der Waals surface area contributed by atoms with Crippen LogP contribution < -0.4 is 5.32 Å². The summed E-state index contributed by atoms with van der Waals surface area (Å²) in [6, 6.07) is 11.9. The van der Waals surface area contributed by atoms with Crippen molar-refractivity contribution in [2.75, 3.05) is 11.1 Å². The standard InChI is InChI=1S/C19H18N6OS2/c1-13-5-2-3-6-15(13)21-18-23-24-19(28-18)27-12-4-7-16-22-17(25-26-16)14-8-10-20-11-9-14/h2-3,5-6,8-11H,4,7,12H2,1H3,(H,21,23). The highest BCUT2D eigenvalue weighted by molar-refractivity contribution is 8.01. The fraction of sp³-hybridized carbons (Fsp3) is 0.211. The Morgan fingerprint density at radius 3 is 2.82 bits per heavy atom. The number of aromatic nitrogens is 5. The monoisotopic (exact) mass is 410 g/mol. The lowest BCUT2D eigenvalue weighted by Crippen LogP contribution is -1.91. The van der Waals surface area contributed by atoms with Gasteiger partial charge in [0.05, 0.1) is 0 Å². The van der Waals surface area contributed by atoms with E-state index in [0.29, 0.717) is 11.7 Å². The first-order chi connectivity index (χ1) is 13.8. The molecule has 3 aromatic heterocycles. The summed E-state index contributed by atoms with van der Waals surface area (Å²) in [5, 5.41) is 16.6. The molecule has 0 amide bonds. The molecule has 28 heavy (non-hydrogen) atoms. The van der Waals surface area contributed by atoms with Gasteiger partial charge < -0.3 is 9.84 Å². The van der Waals surface area contributed by atoms with E-state index < -0.39 is 0 Å². The maximum atomic E-state index is 5.33. The van der Waals surface area contributed by atoms with Gasteiger partial charge in [-0.25, -0.2) is 0 Å². The van der Waals surface area contributed by atoms with Crippen LogP contribution >= 0.6 is 23.1 Å². The van der Waals surface area contributed by atoms with Crippen molar-refractivity contribution in [1.82, 2.24) is 25.3 Å². The van der Waals surface area contributed by atoms with Crippen molar-refractivity contribution in [2.45, 2.75) is 24.1 Å². The predicted octanol–water partition coefficient (Wildman–Crippen LogP) is 4.76. The average molecular weight is 411 g/mol. The zero-order valence-corrected chi connectivity index (χ0v) is 16.8. The van der Waals surface area contributed by atoms with Gasteiger partial charge >= 0.3 is 0 Å². The summed E-state index contributed by atoms with van der Waals surface area (Å²) < 4.78 is 6.27. The summed E-state index contributed by atoms with van der Waals surface area (Å²) >= 11 is 3.24. The number of hydrogen-bond acceptors (Lipinski definition) is 9. The first-order valence-electron chi connectivity index (χ1n) is 8.80. The largest absolute Gasteiger partial charge is 0.339 e. The van der Waals surface area contributed by atoms with Crippen molar-refractivity contribution in [3.63, 3.8) is 0 Å². The van der Waals surface area contributed by atoms with E-state index in [1.807, 2.05) is 30.3 Å². The number of pyridine rings is 1. The van der Waals surface area contributed by atoms with Gasteiger partial charge in [0, 0.05) is 35.8 Å². The number of aryl methyl sites for hydroxylation is 2. The molecule has 0 unspecified atom stereocenters. The van der Waals surface area contributed by atoms with E-state index in [2.05, 4.69) is 43.6 Å². The summed E-state index contributed by atoms with van der Waals surface area (Å²) in [4.78, 5) is 8.43. The van der Waals surface area contributed by atoms with Crippen LogP contribution in [0.5, 0.6) is 0 Å². The Morgan fingerprint density at radius 1 is 1.11 bits per heavy atom. The van der Waals surface area contributed by atoms with Crippen LogP contribution in [0.2, 0.25) is 0 Å². The van der Waals surface area contributed by atoms with E-state index in [1.165, 1.54) is 5.56 Å². The van der Waals surface area contributed by atoms with Crippen LogP contribution in [0, 0.1) is 6.92 Å². The van der Waals surface area contributed by atoms with Crippen LogP contribution in [0.1, 0.15) is 17.9 Å². The number of benzene rings is 1. The fourth-order valence-electron chi connectivity index (χ4n) is 2.50. The molecule has 9 heteroatoms. The summed E-state index contributed by atoms with van der Waals surface area (Å²) in [6.07, 6.45) is 5.08.